The zero-order chi connectivity index (χ0) is 20.5. The Kier molecular flexibility index (Phi) is 7.25. The van der Waals surface area contributed by atoms with Crippen LogP contribution < -0.4 is 15.5 Å². The number of rotatable bonds is 8. The minimum atomic E-state index is -0.460. The predicted molar refractivity (Wildman–Crippen MR) is 117 cm³/mol. The van der Waals surface area contributed by atoms with Crippen molar-refractivity contribution >= 4 is 29.4 Å². The molecule has 6 heteroatoms. The van der Waals surface area contributed by atoms with E-state index in [1.165, 1.54) is 0 Å². The maximum Gasteiger partial charge on any atom is 0.262 e. The number of carbonyl (C=O) groups excluding carboxylic acids is 1. The summed E-state index contributed by atoms with van der Waals surface area (Å²) in [6, 6.07) is 24.2. The quantitative estimate of drug-likeness (QED) is 0.413. The minimum absolute atomic E-state index is 0.251. The molecule has 0 spiro atoms. The Bertz CT molecular complexity index is 959. The zero-order valence-corrected chi connectivity index (χ0v) is 16.8. The van der Waals surface area contributed by atoms with Crippen molar-refractivity contribution in [3.63, 3.8) is 0 Å². The molecule has 3 rings (SSSR count). The first kappa shape index (κ1) is 20.4. The number of para-hydroxylation sites is 1. The van der Waals surface area contributed by atoms with E-state index in [-0.39, 0.29) is 5.91 Å². The largest absolute Gasteiger partial charge is 0.488 e. The Morgan fingerprint density at radius 3 is 2.48 bits per heavy atom. The third-order valence-corrected chi connectivity index (χ3v) is 4.41. The summed E-state index contributed by atoms with van der Waals surface area (Å²) >= 11 is 5.87. The second-order valence-corrected chi connectivity index (χ2v) is 6.86. The van der Waals surface area contributed by atoms with Crippen molar-refractivity contribution in [2.24, 2.45) is 5.10 Å². The smallest absolute Gasteiger partial charge is 0.262 e. The molecule has 2 N–H and O–H groups in total. The van der Waals surface area contributed by atoms with Gasteiger partial charge in [0.15, 0.2) is 0 Å². The lowest BCUT2D eigenvalue weighted by Crippen LogP contribution is -2.34. The first-order valence-corrected chi connectivity index (χ1v) is 9.60. The van der Waals surface area contributed by atoms with Crippen LogP contribution in [0.4, 0.5) is 5.69 Å². The summed E-state index contributed by atoms with van der Waals surface area (Å²) in [4.78, 5) is 12.3. The molecule has 148 valence electrons. The molecule has 5 nitrogen and oxygen atoms in total. The highest BCUT2D eigenvalue weighted by Gasteiger charge is 2.11. The van der Waals surface area contributed by atoms with Crippen molar-refractivity contribution in [1.29, 1.82) is 0 Å². The second-order valence-electron chi connectivity index (χ2n) is 6.42. The van der Waals surface area contributed by atoms with Gasteiger partial charge in [0.05, 0.1) is 6.21 Å². The van der Waals surface area contributed by atoms with E-state index in [0.29, 0.717) is 17.4 Å². The average Bonchev–Trinajstić information content (AvgIpc) is 2.75. The fraction of sp³-hybridized carbons (Fsp3) is 0.130. The summed E-state index contributed by atoms with van der Waals surface area (Å²) in [6.45, 7) is 2.22. The number of nitrogens with zero attached hydrogens (tertiary/aromatic N) is 1. The van der Waals surface area contributed by atoms with Gasteiger partial charge in [-0.1, -0.05) is 54.1 Å². The third-order valence-electron chi connectivity index (χ3n) is 4.16. The molecule has 0 fully saturated rings. The standard InChI is InChI=1S/C23H22ClN3O2/c1-17(26-21-13-11-20(24)12-14-21)23(28)27-25-15-19-9-5-6-10-22(19)29-16-18-7-3-2-4-8-18/h2-15,17,26H,16H2,1H3,(H,27,28). The molecule has 0 saturated heterocycles. The molecule has 1 amide bonds. The van der Waals surface area contributed by atoms with Gasteiger partial charge in [-0.05, 0) is 48.9 Å². The fourth-order valence-electron chi connectivity index (χ4n) is 2.58. The number of hydrogen-bond acceptors (Lipinski definition) is 4. The topological polar surface area (TPSA) is 62.7 Å². The van der Waals surface area contributed by atoms with Crippen molar-refractivity contribution in [1.82, 2.24) is 5.43 Å². The fourth-order valence-corrected chi connectivity index (χ4v) is 2.70. The number of hydrazone groups is 1. The van der Waals surface area contributed by atoms with E-state index >= 15 is 0 Å². The van der Waals surface area contributed by atoms with E-state index in [1.807, 2.05) is 66.7 Å². The lowest BCUT2D eigenvalue weighted by atomic mass is 10.2. The number of nitrogens with one attached hydrogen (secondary N) is 2. The Labute approximate surface area is 175 Å². The number of amides is 1. The highest BCUT2D eigenvalue weighted by Crippen LogP contribution is 2.18. The molecule has 0 aliphatic rings. The summed E-state index contributed by atoms with van der Waals surface area (Å²) < 4.78 is 5.89. The van der Waals surface area contributed by atoms with Crippen LogP contribution in [0.3, 0.4) is 0 Å². The molecule has 0 aliphatic carbocycles. The van der Waals surface area contributed by atoms with Gasteiger partial charge in [0, 0.05) is 16.3 Å². The molecule has 3 aromatic rings. The van der Waals surface area contributed by atoms with E-state index in [2.05, 4.69) is 15.8 Å². The number of halogens is 1. The van der Waals surface area contributed by atoms with Crippen LogP contribution >= 0.6 is 11.6 Å². The Morgan fingerprint density at radius 1 is 1.03 bits per heavy atom. The van der Waals surface area contributed by atoms with E-state index in [9.17, 15) is 4.79 Å². The van der Waals surface area contributed by atoms with Crippen LogP contribution in [0.2, 0.25) is 5.02 Å². The molecule has 0 radical (unpaired) electrons. The number of hydrogen-bond donors (Lipinski definition) is 2. The van der Waals surface area contributed by atoms with E-state index in [1.54, 1.807) is 25.3 Å². The monoisotopic (exact) mass is 407 g/mol. The Balaban J connectivity index is 1.55. The molecule has 1 atom stereocenters. The average molecular weight is 408 g/mol. The molecular weight excluding hydrogens is 386 g/mol. The van der Waals surface area contributed by atoms with Crippen LogP contribution in [-0.2, 0) is 11.4 Å². The SMILES string of the molecule is CC(Nc1ccc(Cl)cc1)C(=O)NN=Cc1ccccc1OCc1ccccc1. The minimum Gasteiger partial charge on any atom is -0.488 e. The molecule has 0 saturated carbocycles. The Morgan fingerprint density at radius 2 is 1.72 bits per heavy atom. The molecule has 0 bridgehead atoms. The van der Waals surface area contributed by atoms with E-state index in [4.69, 9.17) is 16.3 Å². The van der Waals surface area contributed by atoms with Gasteiger partial charge < -0.3 is 10.1 Å². The maximum absolute atomic E-state index is 12.3. The van der Waals surface area contributed by atoms with Gasteiger partial charge >= 0.3 is 0 Å². The van der Waals surface area contributed by atoms with Crippen molar-refractivity contribution in [3.8, 4) is 5.75 Å². The number of anilines is 1. The summed E-state index contributed by atoms with van der Waals surface area (Å²) in [5, 5.41) is 7.81. The van der Waals surface area contributed by atoms with E-state index in [0.717, 1.165) is 16.8 Å². The molecular formula is C23H22ClN3O2. The maximum atomic E-state index is 12.3. The molecule has 0 aliphatic heterocycles. The van der Waals surface area contributed by atoms with Gasteiger partial charge in [-0.25, -0.2) is 5.43 Å². The second kappa shape index (κ2) is 10.3. The van der Waals surface area contributed by atoms with Crippen molar-refractivity contribution in [2.45, 2.75) is 19.6 Å². The van der Waals surface area contributed by atoms with Crippen LogP contribution in [0.25, 0.3) is 0 Å². The van der Waals surface area contributed by atoms with Gasteiger partial charge in [-0.3, -0.25) is 4.79 Å². The number of ether oxygens (including phenoxy) is 1. The first-order chi connectivity index (χ1) is 14.1. The van der Waals surface area contributed by atoms with E-state index < -0.39 is 6.04 Å². The van der Waals surface area contributed by atoms with Crippen LogP contribution in [0.5, 0.6) is 5.75 Å². The highest BCUT2D eigenvalue weighted by molar-refractivity contribution is 6.30. The van der Waals surface area contributed by atoms with Gasteiger partial charge in [-0.2, -0.15) is 5.10 Å². The normalized spacial score (nSPS) is 11.8. The third kappa shape index (κ3) is 6.36. The van der Waals surface area contributed by atoms with Crippen molar-refractivity contribution in [3.05, 3.63) is 95.0 Å². The summed E-state index contributed by atoms with van der Waals surface area (Å²) in [6.07, 6.45) is 1.58. The van der Waals surface area contributed by atoms with Crippen LogP contribution in [0, 0.1) is 0 Å². The first-order valence-electron chi connectivity index (χ1n) is 9.22. The zero-order valence-electron chi connectivity index (χ0n) is 16.0. The molecule has 29 heavy (non-hydrogen) atoms. The van der Waals surface area contributed by atoms with Crippen molar-refractivity contribution < 1.29 is 9.53 Å². The lowest BCUT2D eigenvalue weighted by Gasteiger charge is -2.13. The van der Waals surface area contributed by atoms with Gasteiger partial charge in [0.1, 0.15) is 18.4 Å². The summed E-state index contributed by atoms with van der Waals surface area (Å²) in [5.74, 6) is 0.445. The van der Waals surface area contributed by atoms with Crippen LogP contribution in [-0.4, -0.2) is 18.2 Å². The predicted octanol–water partition coefficient (Wildman–Crippen LogP) is 4.87. The van der Waals surface area contributed by atoms with Crippen LogP contribution in [0.15, 0.2) is 84.0 Å². The van der Waals surface area contributed by atoms with Crippen molar-refractivity contribution in [2.75, 3.05) is 5.32 Å². The number of benzene rings is 3. The number of carbonyl (C=O) groups is 1. The van der Waals surface area contributed by atoms with Gasteiger partial charge in [0.2, 0.25) is 0 Å². The highest BCUT2D eigenvalue weighted by atomic mass is 35.5. The molecule has 3 aromatic carbocycles. The van der Waals surface area contributed by atoms with Crippen LogP contribution in [0.1, 0.15) is 18.1 Å². The summed E-state index contributed by atoms with van der Waals surface area (Å²) in [5.41, 5.74) is 5.21. The molecule has 0 heterocycles. The molecule has 0 aromatic heterocycles. The van der Waals surface area contributed by atoms with Gasteiger partial charge in [0.25, 0.3) is 5.91 Å². The lowest BCUT2D eigenvalue weighted by molar-refractivity contribution is -0.121. The summed E-state index contributed by atoms with van der Waals surface area (Å²) in [7, 11) is 0. The van der Waals surface area contributed by atoms with Gasteiger partial charge in [-0.15, -0.1) is 0 Å². The Hall–Kier alpha value is -3.31. The molecule has 1 unspecified atom stereocenters.